The van der Waals surface area contributed by atoms with Gasteiger partial charge in [-0.15, -0.1) is 0 Å². The Morgan fingerprint density at radius 1 is 0.304 bits per heavy atom. The minimum absolute atomic E-state index is 1.11. The summed E-state index contributed by atoms with van der Waals surface area (Å²) in [5.74, 6) is 0. The molecule has 0 N–H and O–H groups in total. The van der Waals surface area contributed by atoms with E-state index in [0.29, 0.717) is 0 Å². The molecule has 0 radical (unpaired) electrons. The highest BCUT2D eigenvalue weighted by Gasteiger charge is 2.18. The van der Waals surface area contributed by atoms with Crippen LogP contribution < -0.4 is 4.90 Å². The number of benzene rings is 10. The van der Waals surface area contributed by atoms with Crippen molar-refractivity contribution in [3.63, 3.8) is 0 Å². The molecule has 56 heavy (non-hydrogen) atoms. The molecule has 0 saturated heterocycles. The molecular formula is C54H36N2. The zero-order valence-corrected chi connectivity index (χ0v) is 30.7. The highest BCUT2D eigenvalue weighted by Crippen LogP contribution is 2.42. The molecule has 0 saturated carbocycles. The van der Waals surface area contributed by atoms with Crippen LogP contribution in [-0.4, -0.2) is 4.57 Å². The molecule has 0 unspecified atom stereocenters. The van der Waals surface area contributed by atoms with Gasteiger partial charge in [-0.2, -0.15) is 0 Å². The maximum atomic E-state index is 2.42. The van der Waals surface area contributed by atoms with Crippen molar-refractivity contribution >= 4 is 71.2 Å². The quantitative estimate of drug-likeness (QED) is 0.156. The molecule has 0 aliphatic carbocycles. The van der Waals surface area contributed by atoms with Gasteiger partial charge in [0.1, 0.15) is 0 Å². The molecule has 0 atom stereocenters. The van der Waals surface area contributed by atoms with Gasteiger partial charge in [-0.3, -0.25) is 0 Å². The Hall–Kier alpha value is -7.42. The molecule has 0 amide bonds. The number of anilines is 3. The minimum Gasteiger partial charge on any atom is -0.310 e. The van der Waals surface area contributed by atoms with E-state index in [2.05, 4.69) is 228 Å². The SMILES string of the molecule is c1ccc(N(c2ccc(-c3ccc4c(ccc5ccccc54)c3)cc2)c2cccc(-c3cccc4c3c3ccccc3n4-c3ccc4ccccc4c3)c2)cc1. The van der Waals surface area contributed by atoms with Gasteiger partial charge in [0.05, 0.1) is 11.0 Å². The zero-order valence-electron chi connectivity index (χ0n) is 30.7. The summed E-state index contributed by atoms with van der Waals surface area (Å²) in [6, 6.07) is 79.5. The van der Waals surface area contributed by atoms with E-state index in [4.69, 9.17) is 0 Å². The molecule has 11 aromatic rings. The number of aromatic nitrogens is 1. The van der Waals surface area contributed by atoms with E-state index in [1.165, 1.54) is 76.4 Å². The summed E-state index contributed by atoms with van der Waals surface area (Å²) in [4.78, 5) is 2.36. The van der Waals surface area contributed by atoms with E-state index in [-0.39, 0.29) is 0 Å². The summed E-state index contributed by atoms with van der Waals surface area (Å²) in [5, 5.41) is 10.1. The van der Waals surface area contributed by atoms with Crippen molar-refractivity contribution in [2.75, 3.05) is 4.90 Å². The minimum atomic E-state index is 1.11. The Balaban J connectivity index is 1.01. The topological polar surface area (TPSA) is 8.17 Å². The molecule has 0 bridgehead atoms. The maximum absolute atomic E-state index is 2.42. The second kappa shape index (κ2) is 13.2. The predicted molar refractivity (Wildman–Crippen MR) is 239 cm³/mol. The van der Waals surface area contributed by atoms with Crippen LogP contribution in [0.4, 0.5) is 17.1 Å². The first-order valence-corrected chi connectivity index (χ1v) is 19.3. The van der Waals surface area contributed by atoms with E-state index in [0.717, 1.165) is 22.7 Å². The van der Waals surface area contributed by atoms with Gasteiger partial charge in [0.2, 0.25) is 0 Å². The van der Waals surface area contributed by atoms with Gasteiger partial charge in [0.15, 0.2) is 0 Å². The number of rotatable bonds is 6. The molecular weight excluding hydrogens is 677 g/mol. The Bertz CT molecular complexity index is 3250. The predicted octanol–water partition coefficient (Wildman–Crippen LogP) is 15.0. The number of para-hydroxylation sites is 2. The molecule has 11 rings (SSSR count). The van der Waals surface area contributed by atoms with Crippen molar-refractivity contribution in [1.82, 2.24) is 4.57 Å². The normalized spacial score (nSPS) is 11.6. The summed E-state index contributed by atoms with van der Waals surface area (Å²) >= 11 is 0. The van der Waals surface area contributed by atoms with E-state index in [1.807, 2.05) is 0 Å². The number of nitrogens with zero attached hydrogens (tertiary/aromatic N) is 2. The third-order valence-corrected chi connectivity index (χ3v) is 11.3. The average Bonchev–Trinajstić information content (AvgIpc) is 3.61. The second-order valence-corrected chi connectivity index (χ2v) is 14.6. The van der Waals surface area contributed by atoms with E-state index in [1.54, 1.807) is 0 Å². The first kappa shape index (κ1) is 32.0. The van der Waals surface area contributed by atoms with Gasteiger partial charge in [-0.25, -0.2) is 0 Å². The lowest BCUT2D eigenvalue weighted by Crippen LogP contribution is -2.09. The largest absolute Gasteiger partial charge is 0.310 e. The van der Waals surface area contributed by atoms with Crippen molar-refractivity contribution < 1.29 is 0 Å². The van der Waals surface area contributed by atoms with Crippen molar-refractivity contribution in [3.8, 4) is 27.9 Å². The third kappa shape index (κ3) is 5.34. The molecule has 0 fully saturated rings. The van der Waals surface area contributed by atoms with Crippen LogP contribution in [0.2, 0.25) is 0 Å². The van der Waals surface area contributed by atoms with Crippen LogP contribution >= 0.6 is 0 Å². The summed E-state index contributed by atoms with van der Waals surface area (Å²) < 4.78 is 2.42. The molecule has 262 valence electrons. The van der Waals surface area contributed by atoms with Gasteiger partial charge >= 0.3 is 0 Å². The zero-order chi connectivity index (χ0) is 37.0. The van der Waals surface area contributed by atoms with Crippen molar-refractivity contribution in [2.45, 2.75) is 0 Å². The van der Waals surface area contributed by atoms with Gasteiger partial charge in [-0.1, -0.05) is 152 Å². The van der Waals surface area contributed by atoms with Crippen LogP contribution in [0.25, 0.3) is 82.1 Å². The first-order valence-electron chi connectivity index (χ1n) is 19.3. The highest BCUT2D eigenvalue weighted by atomic mass is 15.1. The van der Waals surface area contributed by atoms with E-state index in [9.17, 15) is 0 Å². The molecule has 10 aromatic carbocycles. The monoisotopic (exact) mass is 712 g/mol. The Labute approximate surface area is 325 Å². The number of hydrogen-bond donors (Lipinski definition) is 0. The van der Waals surface area contributed by atoms with Crippen LogP contribution in [0, 0.1) is 0 Å². The highest BCUT2D eigenvalue weighted by molar-refractivity contribution is 6.16. The summed E-state index contributed by atoms with van der Waals surface area (Å²) in [7, 11) is 0. The van der Waals surface area contributed by atoms with Crippen LogP contribution in [0.1, 0.15) is 0 Å². The molecule has 2 heteroatoms. The Morgan fingerprint density at radius 2 is 0.929 bits per heavy atom. The number of hydrogen-bond acceptors (Lipinski definition) is 1. The van der Waals surface area contributed by atoms with Gasteiger partial charge in [0, 0.05) is 33.5 Å². The molecule has 0 aliphatic rings. The standard InChI is InChI=1S/C54H36N2/c1-2-16-44(17-3-1)55(45-30-26-38(27-31-45)41-29-33-49-43(34-41)25-24-39-13-6-7-19-48(39)49)46-18-10-15-42(36-46)50-21-11-23-53-54(50)51-20-8-9-22-52(51)56(53)47-32-28-37-12-4-5-14-40(37)35-47/h1-36H. The van der Waals surface area contributed by atoms with Gasteiger partial charge in [-0.05, 0) is 121 Å². The molecule has 2 nitrogen and oxygen atoms in total. The Morgan fingerprint density at radius 3 is 1.80 bits per heavy atom. The molecule has 0 aliphatic heterocycles. The van der Waals surface area contributed by atoms with Gasteiger partial charge in [0.25, 0.3) is 0 Å². The average molecular weight is 713 g/mol. The lowest BCUT2D eigenvalue weighted by Gasteiger charge is -2.26. The van der Waals surface area contributed by atoms with E-state index < -0.39 is 0 Å². The second-order valence-electron chi connectivity index (χ2n) is 14.6. The lowest BCUT2D eigenvalue weighted by molar-refractivity contribution is 1.19. The van der Waals surface area contributed by atoms with Crippen LogP contribution in [-0.2, 0) is 0 Å². The van der Waals surface area contributed by atoms with Crippen LogP contribution in [0.5, 0.6) is 0 Å². The first-order chi connectivity index (χ1) is 27.8. The summed E-state index contributed by atoms with van der Waals surface area (Å²) in [6.45, 7) is 0. The van der Waals surface area contributed by atoms with Crippen LogP contribution in [0.15, 0.2) is 218 Å². The van der Waals surface area contributed by atoms with Crippen molar-refractivity contribution in [3.05, 3.63) is 218 Å². The van der Waals surface area contributed by atoms with Gasteiger partial charge < -0.3 is 9.47 Å². The Kier molecular flexibility index (Phi) is 7.53. The smallest absolute Gasteiger partial charge is 0.0547 e. The third-order valence-electron chi connectivity index (χ3n) is 11.3. The lowest BCUT2D eigenvalue weighted by atomic mass is 9.97. The van der Waals surface area contributed by atoms with E-state index >= 15 is 0 Å². The van der Waals surface area contributed by atoms with Crippen LogP contribution in [0.3, 0.4) is 0 Å². The maximum Gasteiger partial charge on any atom is 0.0547 e. The molecule has 1 aromatic heterocycles. The summed E-state index contributed by atoms with van der Waals surface area (Å²) in [5.41, 5.74) is 11.7. The number of fused-ring (bicyclic) bond motifs is 7. The fourth-order valence-electron chi connectivity index (χ4n) is 8.69. The molecule has 1 heterocycles. The van der Waals surface area contributed by atoms with Crippen molar-refractivity contribution in [1.29, 1.82) is 0 Å². The summed E-state index contributed by atoms with van der Waals surface area (Å²) in [6.07, 6.45) is 0. The fraction of sp³-hybridized carbons (Fsp3) is 0. The fourth-order valence-corrected chi connectivity index (χ4v) is 8.69. The van der Waals surface area contributed by atoms with Crippen molar-refractivity contribution in [2.24, 2.45) is 0 Å². The molecule has 0 spiro atoms.